The lowest BCUT2D eigenvalue weighted by Gasteiger charge is -2.03. The van der Waals surface area contributed by atoms with Gasteiger partial charge in [-0.1, -0.05) is 51.4 Å². The number of aryl methyl sites for hydroxylation is 4. The first-order chi connectivity index (χ1) is 12.7. The quantitative estimate of drug-likeness (QED) is 0.332. The molecule has 2 rings (SSSR count). The maximum atomic E-state index is 2.29. The van der Waals surface area contributed by atoms with Gasteiger partial charge < -0.3 is 0 Å². The van der Waals surface area contributed by atoms with Crippen LogP contribution >= 0.6 is 0 Å². The van der Waals surface area contributed by atoms with Gasteiger partial charge in [-0.3, -0.25) is 0 Å². The molecule has 26 heavy (non-hydrogen) atoms. The molecule has 0 fully saturated rings. The third-order valence-electron chi connectivity index (χ3n) is 5.23. The summed E-state index contributed by atoms with van der Waals surface area (Å²) in [7, 11) is 4.17. The molecule has 0 spiro atoms. The molecule has 0 radical (unpaired) electrons. The van der Waals surface area contributed by atoms with Crippen molar-refractivity contribution >= 4 is 0 Å². The number of imidazole rings is 2. The van der Waals surface area contributed by atoms with Gasteiger partial charge in [-0.25, -0.2) is 18.3 Å². The molecule has 0 aromatic carbocycles. The van der Waals surface area contributed by atoms with E-state index in [9.17, 15) is 0 Å². The largest absolute Gasteiger partial charge is 0.243 e. The van der Waals surface area contributed by atoms with Gasteiger partial charge in [-0.2, -0.15) is 0 Å². The van der Waals surface area contributed by atoms with Crippen LogP contribution in [0.15, 0.2) is 37.4 Å². The van der Waals surface area contributed by atoms with E-state index in [-0.39, 0.29) is 0 Å². The van der Waals surface area contributed by atoms with Crippen molar-refractivity contribution in [2.75, 3.05) is 0 Å². The minimum absolute atomic E-state index is 1.17. The van der Waals surface area contributed by atoms with E-state index in [4.69, 9.17) is 0 Å². The lowest BCUT2D eigenvalue weighted by atomic mass is 10.1. The first kappa shape index (κ1) is 20.7. The second kappa shape index (κ2) is 12.7. The summed E-state index contributed by atoms with van der Waals surface area (Å²) in [6, 6.07) is 0. The zero-order valence-electron chi connectivity index (χ0n) is 17.2. The van der Waals surface area contributed by atoms with Crippen LogP contribution < -0.4 is 9.13 Å². The average Bonchev–Trinajstić information content (AvgIpc) is 3.23. The molecule has 0 aliphatic heterocycles. The Balaban J connectivity index is 1.28. The molecule has 0 saturated heterocycles. The van der Waals surface area contributed by atoms with Gasteiger partial charge in [-0.15, -0.1) is 0 Å². The average molecular weight is 361 g/mol. The number of hydrogen-bond acceptors (Lipinski definition) is 0. The molecule has 0 N–H and O–H groups in total. The summed E-state index contributed by atoms with van der Waals surface area (Å²) >= 11 is 0. The lowest BCUT2D eigenvalue weighted by molar-refractivity contribution is -0.671. The highest BCUT2D eigenvalue weighted by atomic mass is 15.1. The van der Waals surface area contributed by atoms with Crippen molar-refractivity contribution in [1.29, 1.82) is 0 Å². The van der Waals surface area contributed by atoms with E-state index in [1.807, 2.05) is 0 Å². The molecule has 0 bridgehead atoms. The summed E-state index contributed by atoms with van der Waals surface area (Å²) in [5.41, 5.74) is 0. The zero-order chi connectivity index (χ0) is 18.5. The summed E-state index contributed by atoms with van der Waals surface area (Å²) in [5.74, 6) is 0. The molecule has 0 aliphatic rings. The van der Waals surface area contributed by atoms with Gasteiger partial charge in [0.05, 0.1) is 27.2 Å². The topological polar surface area (TPSA) is 17.6 Å². The van der Waals surface area contributed by atoms with Crippen LogP contribution in [0.1, 0.15) is 77.0 Å². The molecular weight excluding hydrogens is 320 g/mol. The molecule has 2 aromatic heterocycles. The minimum Gasteiger partial charge on any atom is -0.240 e. The van der Waals surface area contributed by atoms with Crippen LogP contribution in [0.5, 0.6) is 0 Å². The third-order valence-corrected chi connectivity index (χ3v) is 5.23. The number of aromatic nitrogens is 4. The van der Waals surface area contributed by atoms with Crippen molar-refractivity contribution in [3.63, 3.8) is 0 Å². The summed E-state index contributed by atoms with van der Waals surface area (Å²) in [6.45, 7) is 2.34. The molecule has 2 aromatic rings. The van der Waals surface area contributed by atoms with Crippen LogP contribution in [0.3, 0.4) is 0 Å². The zero-order valence-corrected chi connectivity index (χ0v) is 17.2. The minimum atomic E-state index is 1.17. The van der Waals surface area contributed by atoms with Crippen molar-refractivity contribution in [2.24, 2.45) is 14.1 Å². The normalized spacial score (nSPS) is 11.3. The highest BCUT2D eigenvalue weighted by Gasteiger charge is 2.00. The van der Waals surface area contributed by atoms with Crippen molar-refractivity contribution in [1.82, 2.24) is 9.13 Å². The predicted molar refractivity (Wildman–Crippen MR) is 107 cm³/mol. The first-order valence-electron chi connectivity index (χ1n) is 10.8. The molecule has 0 amide bonds. The molecule has 146 valence electrons. The molecule has 4 heteroatoms. The summed E-state index contributed by atoms with van der Waals surface area (Å²) in [4.78, 5) is 0. The van der Waals surface area contributed by atoms with Crippen molar-refractivity contribution in [2.45, 2.75) is 90.1 Å². The van der Waals surface area contributed by atoms with Crippen molar-refractivity contribution in [3.05, 3.63) is 37.4 Å². The maximum absolute atomic E-state index is 2.29. The Morgan fingerprint density at radius 3 is 1.08 bits per heavy atom. The Hall–Kier alpha value is -1.58. The van der Waals surface area contributed by atoms with E-state index < -0.39 is 0 Å². The molecule has 0 saturated carbocycles. The fourth-order valence-corrected chi connectivity index (χ4v) is 3.62. The molecule has 4 nitrogen and oxygen atoms in total. The Morgan fingerprint density at radius 1 is 0.500 bits per heavy atom. The Labute approximate surface area is 160 Å². The predicted octanol–water partition coefficient (Wildman–Crippen LogP) is 4.32. The number of hydrogen-bond donors (Lipinski definition) is 0. The first-order valence-corrected chi connectivity index (χ1v) is 10.8. The SMILES string of the molecule is C[n+]1ccn(CCCCCCCCCCCCCCn2cc[n+](C)c2)c1. The van der Waals surface area contributed by atoms with Gasteiger partial charge in [0.15, 0.2) is 0 Å². The third kappa shape index (κ3) is 9.21. The van der Waals surface area contributed by atoms with E-state index >= 15 is 0 Å². The second-order valence-corrected chi connectivity index (χ2v) is 7.88. The monoisotopic (exact) mass is 360 g/mol. The Kier molecular flexibility index (Phi) is 10.1. The highest BCUT2D eigenvalue weighted by molar-refractivity contribution is 4.66. The number of rotatable bonds is 15. The van der Waals surface area contributed by atoms with Crippen molar-refractivity contribution in [3.8, 4) is 0 Å². The van der Waals surface area contributed by atoms with E-state index in [0.29, 0.717) is 0 Å². The number of nitrogens with zero attached hydrogens (tertiary/aromatic N) is 4. The van der Waals surface area contributed by atoms with Gasteiger partial charge in [0.1, 0.15) is 24.8 Å². The van der Waals surface area contributed by atoms with E-state index in [0.717, 1.165) is 0 Å². The standard InChI is InChI=1S/C22H40N4/c1-23-17-19-25(21-23)15-13-11-9-7-5-3-4-6-8-10-12-14-16-26-20-18-24(2)22-26/h17-22H,3-16H2,1-2H3/q+2. The van der Waals surface area contributed by atoms with Gasteiger partial charge in [0.25, 0.3) is 0 Å². The van der Waals surface area contributed by atoms with E-state index in [2.05, 4.69) is 69.8 Å². The van der Waals surface area contributed by atoms with Crippen LogP contribution in [0.4, 0.5) is 0 Å². The van der Waals surface area contributed by atoms with Gasteiger partial charge in [0.2, 0.25) is 12.7 Å². The van der Waals surface area contributed by atoms with Crippen LogP contribution in [-0.4, -0.2) is 9.13 Å². The molecule has 0 aliphatic carbocycles. The van der Waals surface area contributed by atoms with Crippen LogP contribution in [0.2, 0.25) is 0 Å². The van der Waals surface area contributed by atoms with E-state index in [1.165, 1.54) is 90.1 Å². The van der Waals surface area contributed by atoms with Gasteiger partial charge in [-0.05, 0) is 25.7 Å². The Bertz CT molecular complexity index is 532. The summed E-state index contributed by atoms with van der Waals surface area (Å²) in [5, 5.41) is 0. The fourth-order valence-electron chi connectivity index (χ4n) is 3.62. The Morgan fingerprint density at radius 2 is 0.808 bits per heavy atom. The molecule has 0 atom stereocenters. The molecular formula is C22H40N4+2. The highest BCUT2D eigenvalue weighted by Crippen LogP contribution is 2.12. The van der Waals surface area contributed by atoms with Crippen molar-refractivity contribution < 1.29 is 9.13 Å². The van der Waals surface area contributed by atoms with Gasteiger partial charge >= 0.3 is 0 Å². The summed E-state index contributed by atoms with van der Waals surface area (Å²) in [6.07, 6.45) is 29.7. The van der Waals surface area contributed by atoms with E-state index in [1.54, 1.807) is 0 Å². The van der Waals surface area contributed by atoms with Crippen LogP contribution in [0, 0.1) is 0 Å². The molecule has 0 unspecified atom stereocenters. The molecule has 2 heterocycles. The van der Waals surface area contributed by atoms with Crippen LogP contribution in [-0.2, 0) is 27.2 Å². The van der Waals surface area contributed by atoms with Gasteiger partial charge in [0, 0.05) is 0 Å². The maximum Gasteiger partial charge on any atom is 0.243 e. The van der Waals surface area contributed by atoms with Crippen LogP contribution in [0.25, 0.3) is 0 Å². The number of unbranched alkanes of at least 4 members (excludes halogenated alkanes) is 11. The second-order valence-electron chi connectivity index (χ2n) is 7.88. The lowest BCUT2D eigenvalue weighted by Crippen LogP contribution is -2.23. The smallest absolute Gasteiger partial charge is 0.240 e. The fraction of sp³-hybridized carbons (Fsp3) is 0.727. The summed E-state index contributed by atoms with van der Waals surface area (Å²) < 4.78 is 8.81.